The number of pyridine rings is 1. The summed E-state index contributed by atoms with van der Waals surface area (Å²) in [7, 11) is 0. The molecule has 1 heterocycles. The van der Waals surface area contributed by atoms with Crippen LogP contribution in [0.1, 0.15) is 64.6 Å². The third kappa shape index (κ3) is 3.85. The van der Waals surface area contributed by atoms with Gasteiger partial charge in [0.2, 0.25) is 5.95 Å². The van der Waals surface area contributed by atoms with E-state index in [-0.39, 0.29) is 11.9 Å². The molecular weight excluding hydrogens is 269 g/mol. The Morgan fingerprint density at radius 1 is 1.12 bits per heavy atom. The van der Waals surface area contributed by atoms with Crippen LogP contribution in [0, 0.1) is 5.95 Å². The van der Waals surface area contributed by atoms with Crippen LogP contribution >= 0.6 is 15.9 Å². The molecule has 1 aromatic heterocycles. The molecule has 1 aromatic rings. The molecule has 0 spiro atoms. The first kappa shape index (κ1) is 15.6. The summed E-state index contributed by atoms with van der Waals surface area (Å²) < 4.78 is 14.1. The second kappa shape index (κ2) is 7.00. The molecular formula is C13H21BrFN. The van der Waals surface area contributed by atoms with E-state index < -0.39 is 0 Å². The van der Waals surface area contributed by atoms with Crippen molar-refractivity contribution < 1.29 is 4.39 Å². The zero-order valence-electron chi connectivity index (χ0n) is 10.9. The maximum Gasteiger partial charge on any atom is 0.213 e. The summed E-state index contributed by atoms with van der Waals surface area (Å²) in [5, 5.41) is 0. The zero-order valence-corrected chi connectivity index (χ0v) is 12.5. The third-order valence-corrected chi connectivity index (χ3v) is 3.01. The fraction of sp³-hybridized carbons (Fsp3) is 0.615. The van der Waals surface area contributed by atoms with Gasteiger partial charge in [-0.2, -0.15) is 4.39 Å². The first-order valence-electron chi connectivity index (χ1n) is 5.79. The van der Waals surface area contributed by atoms with E-state index in [1.165, 1.54) is 6.07 Å². The van der Waals surface area contributed by atoms with Crippen LogP contribution in [-0.4, -0.2) is 4.98 Å². The van der Waals surface area contributed by atoms with Gasteiger partial charge in [-0.15, -0.1) is 0 Å². The summed E-state index contributed by atoms with van der Waals surface area (Å²) in [6, 6.07) is 1.50. The minimum absolute atomic E-state index is 0.234. The standard InChI is InChI=1S/C11H15BrFN.C2H6/c1-6(2)8-5-9(13)14-11(7(3)4)10(8)12;1-2/h5-7H,1-4H3;1-2H3. The lowest BCUT2D eigenvalue weighted by Gasteiger charge is -2.14. The van der Waals surface area contributed by atoms with Crippen LogP contribution in [0.2, 0.25) is 0 Å². The van der Waals surface area contributed by atoms with Crippen LogP contribution in [0.25, 0.3) is 0 Å². The van der Waals surface area contributed by atoms with E-state index in [4.69, 9.17) is 0 Å². The number of hydrogen-bond donors (Lipinski definition) is 0. The number of nitrogens with zero attached hydrogens (tertiary/aromatic N) is 1. The molecule has 0 unspecified atom stereocenters. The molecule has 0 atom stereocenters. The molecule has 0 radical (unpaired) electrons. The van der Waals surface area contributed by atoms with Gasteiger partial charge in [0.15, 0.2) is 0 Å². The number of aromatic nitrogens is 1. The predicted molar refractivity (Wildman–Crippen MR) is 71.4 cm³/mol. The molecule has 0 amide bonds. The summed E-state index contributed by atoms with van der Waals surface area (Å²) in [5.74, 6) is 0.151. The molecule has 0 aromatic carbocycles. The summed E-state index contributed by atoms with van der Waals surface area (Å²) >= 11 is 3.49. The fourth-order valence-electron chi connectivity index (χ4n) is 1.34. The molecule has 0 bridgehead atoms. The van der Waals surface area contributed by atoms with Crippen LogP contribution in [0.5, 0.6) is 0 Å². The van der Waals surface area contributed by atoms with Crippen molar-refractivity contribution in [3.8, 4) is 0 Å². The molecule has 92 valence electrons. The number of halogens is 2. The van der Waals surface area contributed by atoms with E-state index in [2.05, 4.69) is 20.9 Å². The Labute approximate surface area is 107 Å². The van der Waals surface area contributed by atoms with Gasteiger partial charge < -0.3 is 0 Å². The lowest BCUT2D eigenvalue weighted by molar-refractivity contribution is 0.565. The number of hydrogen-bond acceptors (Lipinski definition) is 1. The fourth-order valence-corrected chi connectivity index (χ4v) is 2.46. The van der Waals surface area contributed by atoms with Gasteiger partial charge in [0.05, 0.1) is 5.69 Å². The maximum absolute atomic E-state index is 13.2. The van der Waals surface area contributed by atoms with E-state index >= 15 is 0 Å². The first-order valence-corrected chi connectivity index (χ1v) is 6.58. The minimum Gasteiger partial charge on any atom is -0.223 e. The van der Waals surface area contributed by atoms with Crippen molar-refractivity contribution in [1.29, 1.82) is 0 Å². The van der Waals surface area contributed by atoms with Crippen LogP contribution in [-0.2, 0) is 0 Å². The lowest BCUT2D eigenvalue weighted by atomic mass is 10.0. The van der Waals surface area contributed by atoms with Gasteiger partial charge in [-0.1, -0.05) is 41.5 Å². The average Bonchev–Trinajstić information content (AvgIpc) is 2.23. The molecule has 0 fully saturated rings. The van der Waals surface area contributed by atoms with Crippen molar-refractivity contribution in [2.45, 2.75) is 53.4 Å². The summed E-state index contributed by atoms with van der Waals surface area (Å²) in [6.45, 7) is 12.1. The maximum atomic E-state index is 13.2. The van der Waals surface area contributed by atoms with Crippen molar-refractivity contribution in [3.05, 3.63) is 27.7 Å². The highest BCUT2D eigenvalue weighted by atomic mass is 79.9. The van der Waals surface area contributed by atoms with Gasteiger partial charge in [0.25, 0.3) is 0 Å². The van der Waals surface area contributed by atoms with E-state index in [1.807, 2.05) is 41.5 Å². The predicted octanol–water partition coefficient (Wildman–Crippen LogP) is 5.26. The minimum atomic E-state index is -0.388. The lowest BCUT2D eigenvalue weighted by Crippen LogP contribution is -2.02. The summed E-state index contributed by atoms with van der Waals surface area (Å²) in [6.07, 6.45) is 0. The molecule has 3 heteroatoms. The summed E-state index contributed by atoms with van der Waals surface area (Å²) in [4.78, 5) is 3.90. The Kier molecular flexibility index (Phi) is 6.81. The van der Waals surface area contributed by atoms with E-state index in [0.717, 1.165) is 15.7 Å². The van der Waals surface area contributed by atoms with Crippen molar-refractivity contribution in [1.82, 2.24) is 4.98 Å². The van der Waals surface area contributed by atoms with E-state index in [0.29, 0.717) is 5.92 Å². The van der Waals surface area contributed by atoms with Crippen LogP contribution < -0.4 is 0 Å². The third-order valence-electron chi connectivity index (χ3n) is 2.15. The van der Waals surface area contributed by atoms with Crippen molar-refractivity contribution in [2.75, 3.05) is 0 Å². The molecule has 0 aliphatic rings. The Balaban J connectivity index is 0.00000106. The molecule has 0 saturated carbocycles. The van der Waals surface area contributed by atoms with E-state index in [9.17, 15) is 4.39 Å². The SMILES string of the molecule is CC.CC(C)c1cc(F)nc(C(C)C)c1Br. The zero-order chi connectivity index (χ0) is 12.9. The Bertz CT molecular complexity index is 306. The number of rotatable bonds is 2. The topological polar surface area (TPSA) is 12.9 Å². The molecule has 1 rings (SSSR count). The molecule has 1 nitrogen and oxygen atoms in total. The summed E-state index contributed by atoms with van der Waals surface area (Å²) in [5.41, 5.74) is 1.79. The Hall–Kier alpha value is -0.440. The van der Waals surface area contributed by atoms with Gasteiger partial charge in [-0.05, 0) is 39.4 Å². The van der Waals surface area contributed by atoms with Crippen molar-refractivity contribution in [2.24, 2.45) is 0 Å². The highest BCUT2D eigenvalue weighted by Gasteiger charge is 2.14. The highest BCUT2D eigenvalue weighted by Crippen LogP contribution is 2.31. The largest absolute Gasteiger partial charge is 0.223 e. The van der Waals surface area contributed by atoms with Gasteiger partial charge in [0.1, 0.15) is 0 Å². The van der Waals surface area contributed by atoms with Crippen molar-refractivity contribution >= 4 is 15.9 Å². The first-order chi connectivity index (χ1) is 7.43. The molecule has 16 heavy (non-hydrogen) atoms. The smallest absolute Gasteiger partial charge is 0.213 e. The molecule has 0 saturated heterocycles. The van der Waals surface area contributed by atoms with Gasteiger partial charge in [-0.25, -0.2) is 4.98 Å². The van der Waals surface area contributed by atoms with Gasteiger partial charge >= 0.3 is 0 Å². The van der Waals surface area contributed by atoms with Crippen LogP contribution in [0.4, 0.5) is 4.39 Å². The van der Waals surface area contributed by atoms with Crippen LogP contribution in [0.15, 0.2) is 10.5 Å². The van der Waals surface area contributed by atoms with Gasteiger partial charge in [-0.3, -0.25) is 0 Å². The van der Waals surface area contributed by atoms with E-state index in [1.54, 1.807) is 0 Å². The monoisotopic (exact) mass is 289 g/mol. The van der Waals surface area contributed by atoms with Crippen molar-refractivity contribution in [3.63, 3.8) is 0 Å². The molecule has 0 aliphatic carbocycles. The Morgan fingerprint density at radius 2 is 1.62 bits per heavy atom. The molecule has 0 aliphatic heterocycles. The molecule has 0 N–H and O–H groups in total. The second-order valence-corrected chi connectivity index (χ2v) is 4.84. The Morgan fingerprint density at radius 3 is 2.00 bits per heavy atom. The van der Waals surface area contributed by atoms with Gasteiger partial charge in [0, 0.05) is 4.47 Å². The second-order valence-electron chi connectivity index (χ2n) is 4.04. The normalized spacial score (nSPS) is 10.4. The average molecular weight is 290 g/mol. The van der Waals surface area contributed by atoms with Crippen LogP contribution in [0.3, 0.4) is 0 Å². The quantitative estimate of drug-likeness (QED) is 0.677. The highest BCUT2D eigenvalue weighted by molar-refractivity contribution is 9.10.